The Morgan fingerprint density at radius 3 is 1.07 bits per heavy atom. The van der Waals surface area contributed by atoms with Gasteiger partial charge in [0.15, 0.2) is 0 Å². The lowest BCUT2D eigenvalue weighted by atomic mass is 9.90. The lowest BCUT2D eigenvalue weighted by molar-refractivity contribution is 0.0670. The minimum Gasteiger partial charge on any atom is -0.396 e. The first-order valence-electron chi connectivity index (χ1n) is 5.24. The van der Waals surface area contributed by atoms with Crippen molar-refractivity contribution in [3.8, 4) is 0 Å². The smallest absolute Gasteiger partial charge is 0.0506 e. The molecular formula is C11H26O4. The molecule has 0 spiro atoms. The predicted molar refractivity (Wildman–Crippen MR) is 60.5 cm³/mol. The van der Waals surface area contributed by atoms with Gasteiger partial charge in [-0.15, -0.1) is 0 Å². The third-order valence-electron chi connectivity index (χ3n) is 2.47. The van der Waals surface area contributed by atoms with E-state index in [2.05, 4.69) is 0 Å². The molecule has 0 saturated carbocycles. The van der Waals surface area contributed by atoms with E-state index in [1.54, 1.807) is 13.8 Å². The van der Waals surface area contributed by atoms with Crippen molar-refractivity contribution < 1.29 is 20.4 Å². The van der Waals surface area contributed by atoms with E-state index in [-0.39, 0.29) is 37.3 Å². The van der Waals surface area contributed by atoms with Crippen LogP contribution in [0.3, 0.4) is 0 Å². The minimum absolute atomic E-state index is 0.0451. The Morgan fingerprint density at radius 1 is 0.733 bits per heavy atom. The fourth-order valence-corrected chi connectivity index (χ4v) is 0.324. The second-order valence-corrected chi connectivity index (χ2v) is 4.96. The lowest BCUT2D eigenvalue weighted by Gasteiger charge is -2.21. The van der Waals surface area contributed by atoms with Crippen LogP contribution in [0.1, 0.15) is 34.1 Å². The van der Waals surface area contributed by atoms with Crippen molar-refractivity contribution in [2.24, 2.45) is 10.8 Å². The van der Waals surface area contributed by atoms with Crippen molar-refractivity contribution in [1.29, 1.82) is 0 Å². The van der Waals surface area contributed by atoms with Gasteiger partial charge in [-0.3, -0.25) is 0 Å². The van der Waals surface area contributed by atoms with Gasteiger partial charge >= 0.3 is 0 Å². The van der Waals surface area contributed by atoms with Gasteiger partial charge in [0, 0.05) is 10.8 Å². The molecule has 0 amide bonds. The fourth-order valence-electron chi connectivity index (χ4n) is 0.324. The first-order chi connectivity index (χ1) is 6.80. The van der Waals surface area contributed by atoms with Gasteiger partial charge in [0.05, 0.1) is 26.4 Å². The van der Waals surface area contributed by atoms with Gasteiger partial charge < -0.3 is 20.4 Å². The largest absolute Gasteiger partial charge is 0.396 e. The van der Waals surface area contributed by atoms with Crippen LogP contribution in [-0.2, 0) is 0 Å². The maximum absolute atomic E-state index is 8.63. The lowest BCUT2D eigenvalue weighted by Crippen LogP contribution is -2.24. The average Bonchev–Trinajstić information content (AvgIpc) is 2.29. The number of hydrogen-bond acceptors (Lipinski definition) is 4. The summed E-state index contributed by atoms with van der Waals surface area (Å²) in [4.78, 5) is 0. The molecule has 0 bridgehead atoms. The monoisotopic (exact) mass is 222 g/mol. The second-order valence-electron chi connectivity index (χ2n) is 4.96. The molecule has 0 saturated heterocycles. The summed E-state index contributed by atoms with van der Waals surface area (Å²) < 4.78 is 0. The van der Waals surface area contributed by atoms with Crippen LogP contribution in [0, 0.1) is 10.8 Å². The number of hydrogen-bond donors (Lipinski definition) is 4. The molecule has 4 heteroatoms. The minimum atomic E-state index is -0.306. The predicted octanol–water partition coefficient (Wildman–Crippen LogP) is 0.384. The molecule has 0 aromatic heterocycles. The molecule has 0 aromatic rings. The van der Waals surface area contributed by atoms with Gasteiger partial charge in [-0.2, -0.15) is 0 Å². The molecule has 0 rings (SSSR count). The van der Waals surface area contributed by atoms with Crippen LogP contribution in [0.5, 0.6) is 0 Å². The molecule has 0 atom stereocenters. The van der Waals surface area contributed by atoms with E-state index in [0.717, 1.165) is 6.42 Å². The van der Waals surface area contributed by atoms with Crippen LogP contribution in [0.25, 0.3) is 0 Å². The van der Waals surface area contributed by atoms with E-state index < -0.39 is 0 Å². The Kier molecular flexibility index (Phi) is 9.25. The molecule has 0 aliphatic carbocycles. The van der Waals surface area contributed by atoms with Gasteiger partial charge in [-0.05, 0) is 6.42 Å². The van der Waals surface area contributed by atoms with Gasteiger partial charge in [0.25, 0.3) is 0 Å². The highest BCUT2D eigenvalue weighted by atomic mass is 16.3. The Labute approximate surface area is 92.6 Å². The van der Waals surface area contributed by atoms with Gasteiger partial charge in [-0.25, -0.2) is 0 Å². The van der Waals surface area contributed by atoms with Gasteiger partial charge in [-0.1, -0.05) is 27.7 Å². The summed E-state index contributed by atoms with van der Waals surface area (Å²) in [6.07, 6.45) is 0.819. The second kappa shape index (κ2) is 8.05. The van der Waals surface area contributed by atoms with Crippen molar-refractivity contribution in [3.63, 3.8) is 0 Å². The number of aliphatic hydroxyl groups excluding tert-OH is 4. The Morgan fingerprint density at radius 2 is 1.07 bits per heavy atom. The summed E-state index contributed by atoms with van der Waals surface area (Å²) >= 11 is 0. The van der Waals surface area contributed by atoms with E-state index in [1.807, 2.05) is 13.8 Å². The molecule has 0 fully saturated rings. The van der Waals surface area contributed by atoms with E-state index >= 15 is 0 Å². The number of aliphatic hydroxyl groups is 4. The zero-order valence-corrected chi connectivity index (χ0v) is 10.3. The maximum Gasteiger partial charge on any atom is 0.0506 e. The van der Waals surface area contributed by atoms with Crippen LogP contribution in [0.2, 0.25) is 0 Å². The van der Waals surface area contributed by atoms with Crippen LogP contribution in [0.4, 0.5) is 0 Å². The average molecular weight is 222 g/mol. The first-order valence-corrected chi connectivity index (χ1v) is 5.24. The highest BCUT2D eigenvalue weighted by Gasteiger charge is 2.18. The first kappa shape index (κ1) is 17.2. The highest BCUT2D eigenvalue weighted by molar-refractivity contribution is 4.68. The van der Waals surface area contributed by atoms with Crippen molar-refractivity contribution in [2.75, 3.05) is 26.4 Å². The molecule has 4 nitrogen and oxygen atoms in total. The molecule has 0 heterocycles. The van der Waals surface area contributed by atoms with Crippen molar-refractivity contribution in [2.45, 2.75) is 34.1 Å². The SMILES string of the molecule is CC(C)(CO)CO.CCC(C)(CO)CO. The molecule has 94 valence electrons. The van der Waals surface area contributed by atoms with E-state index in [0.29, 0.717) is 0 Å². The standard InChI is InChI=1S/C6H14O2.C5H12O2/c1-3-6(2,4-7)5-8;1-5(2,3-6)4-7/h7-8H,3-5H2,1-2H3;6-7H,3-4H2,1-2H3. The van der Waals surface area contributed by atoms with Crippen LogP contribution >= 0.6 is 0 Å². The maximum atomic E-state index is 8.63. The molecule has 0 aliphatic heterocycles. The van der Waals surface area contributed by atoms with E-state index in [4.69, 9.17) is 20.4 Å². The third-order valence-corrected chi connectivity index (χ3v) is 2.47. The molecule has 0 aromatic carbocycles. The number of rotatable bonds is 5. The summed E-state index contributed by atoms with van der Waals surface area (Å²) in [6, 6.07) is 0. The zero-order valence-electron chi connectivity index (χ0n) is 10.3. The normalized spacial score (nSPS) is 12.0. The summed E-state index contributed by atoms with van der Waals surface area (Å²) in [5.74, 6) is 0. The Balaban J connectivity index is 0. The van der Waals surface area contributed by atoms with Crippen LogP contribution in [0.15, 0.2) is 0 Å². The highest BCUT2D eigenvalue weighted by Crippen LogP contribution is 2.17. The molecule has 0 unspecified atom stereocenters. The van der Waals surface area contributed by atoms with E-state index in [1.165, 1.54) is 0 Å². The summed E-state index contributed by atoms with van der Waals surface area (Å²) in [6.45, 7) is 7.63. The Hall–Kier alpha value is -0.160. The van der Waals surface area contributed by atoms with Crippen molar-refractivity contribution in [3.05, 3.63) is 0 Å². The van der Waals surface area contributed by atoms with E-state index in [9.17, 15) is 0 Å². The Bertz CT molecular complexity index is 127. The zero-order chi connectivity index (χ0) is 12.5. The molecule has 0 radical (unpaired) electrons. The van der Waals surface area contributed by atoms with Crippen molar-refractivity contribution >= 4 is 0 Å². The fraction of sp³-hybridized carbons (Fsp3) is 1.00. The molecule has 15 heavy (non-hydrogen) atoms. The summed E-state index contributed by atoms with van der Waals surface area (Å²) in [5.41, 5.74) is -0.569. The molecule has 0 aliphatic rings. The third kappa shape index (κ3) is 8.81. The van der Waals surface area contributed by atoms with Gasteiger partial charge in [0.1, 0.15) is 0 Å². The summed E-state index contributed by atoms with van der Waals surface area (Å²) in [5, 5.41) is 34.1. The van der Waals surface area contributed by atoms with Crippen LogP contribution in [-0.4, -0.2) is 46.9 Å². The van der Waals surface area contributed by atoms with Crippen LogP contribution < -0.4 is 0 Å². The molecule has 4 N–H and O–H groups in total. The molecular weight excluding hydrogens is 196 g/mol. The topological polar surface area (TPSA) is 80.9 Å². The van der Waals surface area contributed by atoms with Crippen molar-refractivity contribution in [1.82, 2.24) is 0 Å². The quantitative estimate of drug-likeness (QED) is 0.542. The van der Waals surface area contributed by atoms with Gasteiger partial charge in [0.2, 0.25) is 0 Å². The summed E-state index contributed by atoms with van der Waals surface area (Å²) in [7, 11) is 0.